The number of anilines is 1. The molecule has 0 radical (unpaired) electrons. The molecule has 4 rings (SSSR count). The van der Waals surface area contributed by atoms with E-state index in [-0.39, 0.29) is 22.4 Å². The highest BCUT2D eigenvalue weighted by Crippen LogP contribution is 2.21. The molecule has 4 aromatic rings. The van der Waals surface area contributed by atoms with Crippen molar-refractivity contribution >= 4 is 45.9 Å². The molecule has 3 aromatic carbocycles. The third-order valence-corrected chi connectivity index (χ3v) is 6.07. The van der Waals surface area contributed by atoms with Crippen LogP contribution in [0.4, 0.5) is 5.69 Å². The molecule has 0 fully saturated rings. The minimum Gasteiger partial charge on any atom is -0.463 e. The number of carbonyl (C=O) groups excluding carboxylic acids is 5. The molecular formula is C29H23N3O7. The van der Waals surface area contributed by atoms with Gasteiger partial charge < -0.3 is 15.0 Å². The average molecular weight is 526 g/mol. The normalized spacial score (nSPS) is 11.5. The largest absolute Gasteiger partial charge is 0.463 e. The van der Waals surface area contributed by atoms with E-state index in [0.717, 1.165) is 12.7 Å². The van der Waals surface area contributed by atoms with Gasteiger partial charge in [0.15, 0.2) is 5.78 Å². The molecule has 1 aromatic heterocycles. The van der Waals surface area contributed by atoms with Crippen LogP contribution < -0.4 is 10.9 Å². The Labute approximate surface area is 222 Å². The Morgan fingerprint density at radius 3 is 2.28 bits per heavy atom. The molecule has 2 N–H and O–H groups in total. The Bertz CT molecular complexity index is 1710. The Morgan fingerprint density at radius 2 is 1.59 bits per heavy atom. The van der Waals surface area contributed by atoms with Crippen LogP contribution in [0.25, 0.3) is 11.0 Å². The summed E-state index contributed by atoms with van der Waals surface area (Å²) in [6, 6.07) is 18.0. The summed E-state index contributed by atoms with van der Waals surface area (Å²) in [5.41, 5.74) is 1.14. The number of esters is 1. The number of H-pyrrole nitrogens is 1. The van der Waals surface area contributed by atoms with Gasteiger partial charge in [0.05, 0.1) is 18.1 Å². The number of ether oxygens (including phenoxy) is 1. The molecule has 1 heterocycles. The van der Waals surface area contributed by atoms with Crippen molar-refractivity contribution < 1.29 is 28.7 Å². The first kappa shape index (κ1) is 26.8. The van der Waals surface area contributed by atoms with E-state index < -0.39 is 40.6 Å². The van der Waals surface area contributed by atoms with Gasteiger partial charge in [0.25, 0.3) is 17.2 Å². The number of nitrogens with one attached hydrogen (secondary N) is 2. The zero-order valence-electron chi connectivity index (χ0n) is 21.2. The molecule has 0 aliphatic rings. The number of benzene rings is 3. The summed E-state index contributed by atoms with van der Waals surface area (Å²) in [4.78, 5) is 83.6. The Balaban J connectivity index is 1.74. The predicted molar refractivity (Wildman–Crippen MR) is 142 cm³/mol. The summed E-state index contributed by atoms with van der Waals surface area (Å²) in [5, 5.41) is 2.43. The second kappa shape index (κ2) is 11.0. The van der Waals surface area contributed by atoms with E-state index in [1.807, 2.05) is 6.07 Å². The van der Waals surface area contributed by atoms with Crippen molar-refractivity contribution in [3.63, 3.8) is 0 Å². The molecule has 1 atom stereocenters. The number of aromatic amines is 1. The van der Waals surface area contributed by atoms with Crippen molar-refractivity contribution in [3.05, 3.63) is 105 Å². The molecule has 10 heteroatoms. The highest BCUT2D eigenvalue weighted by molar-refractivity contribution is 6.52. The van der Waals surface area contributed by atoms with Crippen LogP contribution in [-0.2, 0) is 23.9 Å². The van der Waals surface area contributed by atoms with Crippen LogP contribution in [-0.4, -0.2) is 46.3 Å². The van der Waals surface area contributed by atoms with Crippen LogP contribution in [0.2, 0.25) is 0 Å². The lowest BCUT2D eigenvalue weighted by molar-refractivity contribution is -0.154. The Morgan fingerprint density at radius 1 is 0.872 bits per heavy atom. The number of rotatable bonds is 8. The van der Waals surface area contributed by atoms with Gasteiger partial charge in [-0.3, -0.25) is 24.0 Å². The molecule has 0 saturated heterocycles. The summed E-state index contributed by atoms with van der Waals surface area (Å²) in [6.07, 6.45) is 0. The molecule has 0 spiro atoms. The number of aromatic nitrogens is 2. The molecular weight excluding hydrogens is 502 g/mol. The van der Waals surface area contributed by atoms with Crippen LogP contribution in [0, 0.1) is 13.8 Å². The first-order valence-corrected chi connectivity index (χ1v) is 11.8. The van der Waals surface area contributed by atoms with Crippen LogP contribution in [0.5, 0.6) is 0 Å². The predicted octanol–water partition coefficient (Wildman–Crippen LogP) is 2.80. The molecule has 39 heavy (non-hydrogen) atoms. The lowest BCUT2D eigenvalue weighted by atomic mass is 9.94. The maximum atomic E-state index is 13.2. The van der Waals surface area contributed by atoms with Crippen molar-refractivity contribution in [2.24, 2.45) is 0 Å². The van der Waals surface area contributed by atoms with E-state index in [4.69, 9.17) is 0 Å². The number of fused-ring (bicyclic) bond motifs is 1. The van der Waals surface area contributed by atoms with Crippen molar-refractivity contribution in [2.45, 2.75) is 19.8 Å². The van der Waals surface area contributed by atoms with Gasteiger partial charge in [-0.15, -0.1) is 0 Å². The van der Waals surface area contributed by atoms with Gasteiger partial charge in [-0.25, -0.2) is 9.78 Å². The monoisotopic (exact) mass is 525 g/mol. The minimum absolute atomic E-state index is 0.125. The van der Waals surface area contributed by atoms with E-state index in [1.54, 1.807) is 56.3 Å². The third-order valence-electron chi connectivity index (χ3n) is 6.07. The zero-order chi connectivity index (χ0) is 28.3. The number of ketones is 3. The molecule has 0 unspecified atom stereocenters. The van der Waals surface area contributed by atoms with E-state index in [0.29, 0.717) is 16.8 Å². The number of hydrogen-bond acceptors (Lipinski definition) is 8. The fraction of sp³-hybridized carbons (Fsp3) is 0.138. The van der Waals surface area contributed by atoms with Crippen molar-refractivity contribution in [1.29, 1.82) is 0 Å². The number of hydrogen-bond donors (Lipinski definition) is 2. The quantitative estimate of drug-likeness (QED) is 0.154. The number of carbonyl (C=O) groups is 5. The van der Waals surface area contributed by atoms with Crippen molar-refractivity contribution in [2.75, 3.05) is 12.4 Å². The smallest absolute Gasteiger partial charge is 0.375 e. The lowest BCUT2D eigenvalue weighted by Crippen LogP contribution is -2.39. The minimum atomic E-state index is -2.15. The van der Waals surface area contributed by atoms with Gasteiger partial charge in [0.2, 0.25) is 5.78 Å². The van der Waals surface area contributed by atoms with Gasteiger partial charge in [-0.05, 0) is 49.2 Å². The fourth-order valence-corrected chi connectivity index (χ4v) is 3.97. The van der Waals surface area contributed by atoms with E-state index >= 15 is 0 Å². The average Bonchev–Trinajstić information content (AvgIpc) is 2.94. The van der Waals surface area contributed by atoms with E-state index in [9.17, 15) is 28.8 Å². The number of methoxy groups -OCH3 is 1. The number of aryl methyl sites for hydroxylation is 2. The first-order chi connectivity index (χ1) is 18.6. The standard InChI is InChI=1S/C29H23N3O7/c1-15-9-10-16(2)20(13-15)31-28(37)25(34)22(26(35)29(38)39-3)23-27(36)32-21-14-18(11-12-19(21)30-23)24(33)17-7-5-4-6-8-17/h4-14,22H,1-3H3,(H,31,37)(H,32,36)/t22-/m1/s1. The maximum absolute atomic E-state index is 13.2. The fourth-order valence-electron chi connectivity index (χ4n) is 3.97. The number of amides is 1. The second-order valence-electron chi connectivity index (χ2n) is 8.80. The zero-order valence-corrected chi connectivity index (χ0v) is 21.2. The summed E-state index contributed by atoms with van der Waals surface area (Å²) < 4.78 is 4.46. The van der Waals surface area contributed by atoms with Gasteiger partial charge in [0.1, 0.15) is 11.6 Å². The summed E-state index contributed by atoms with van der Waals surface area (Å²) >= 11 is 0. The van der Waals surface area contributed by atoms with Crippen LogP contribution in [0.3, 0.4) is 0 Å². The van der Waals surface area contributed by atoms with Crippen molar-refractivity contribution in [1.82, 2.24) is 9.97 Å². The maximum Gasteiger partial charge on any atom is 0.375 e. The van der Waals surface area contributed by atoms with Crippen LogP contribution >= 0.6 is 0 Å². The number of Topliss-reactive ketones (excluding diaryl/α,β-unsaturated/α-hetero) is 2. The molecule has 0 saturated carbocycles. The van der Waals surface area contributed by atoms with Gasteiger partial charge in [-0.1, -0.05) is 42.5 Å². The summed E-state index contributed by atoms with van der Waals surface area (Å²) in [7, 11) is 0.932. The van der Waals surface area contributed by atoms with Crippen molar-refractivity contribution in [3.8, 4) is 0 Å². The highest BCUT2D eigenvalue weighted by atomic mass is 16.5. The lowest BCUT2D eigenvalue weighted by Gasteiger charge is -2.14. The Kier molecular flexibility index (Phi) is 7.57. The molecule has 0 aliphatic heterocycles. The Hall–Kier alpha value is -5.25. The molecule has 1 amide bonds. The van der Waals surface area contributed by atoms with E-state index in [1.165, 1.54) is 18.2 Å². The van der Waals surface area contributed by atoms with Crippen LogP contribution in [0.1, 0.15) is 38.7 Å². The van der Waals surface area contributed by atoms with Gasteiger partial charge in [-0.2, -0.15) is 0 Å². The first-order valence-electron chi connectivity index (χ1n) is 11.8. The molecule has 10 nitrogen and oxygen atoms in total. The second-order valence-corrected chi connectivity index (χ2v) is 8.80. The van der Waals surface area contributed by atoms with Gasteiger partial charge >= 0.3 is 5.97 Å². The van der Waals surface area contributed by atoms with Gasteiger partial charge in [0, 0.05) is 16.8 Å². The molecule has 0 bridgehead atoms. The van der Waals surface area contributed by atoms with E-state index in [2.05, 4.69) is 20.0 Å². The highest BCUT2D eigenvalue weighted by Gasteiger charge is 2.40. The summed E-state index contributed by atoms with van der Waals surface area (Å²) in [6.45, 7) is 3.50. The topological polar surface area (TPSA) is 152 Å². The molecule has 196 valence electrons. The third kappa shape index (κ3) is 5.54. The molecule has 0 aliphatic carbocycles. The summed E-state index contributed by atoms with van der Waals surface area (Å²) in [5.74, 6) is -7.86. The SMILES string of the molecule is COC(=O)C(=O)[C@@H](C(=O)C(=O)Nc1cc(C)ccc1C)c1nc2ccc(C(=O)c3ccccc3)cc2[nH]c1=O. The van der Waals surface area contributed by atoms with Crippen LogP contribution in [0.15, 0.2) is 71.5 Å². The number of nitrogens with zero attached hydrogens (tertiary/aromatic N) is 1.